The van der Waals surface area contributed by atoms with Gasteiger partial charge in [0.25, 0.3) is 0 Å². The molecule has 0 bridgehead atoms. The van der Waals surface area contributed by atoms with Gasteiger partial charge in [-0.25, -0.2) is 0 Å². The standard InChI is InChI=1S/C18H24O/c1-6-15-11-16(9-7-13(2)3)18(19)17(12-15)10-8-14(4)5/h6-8,11-12,19H,1,9-10H2,2-5H3. The van der Waals surface area contributed by atoms with E-state index in [1.807, 2.05) is 18.2 Å². The number of aromatic hydroxyl groups is 1. The summed E-state index contributed by atoms with van der Waals surface area (Å²) in [7, 11) is 0. The van der Waals surface area contributed by atoms with Gasteiger partial charge < -0.3 is 5.11 Å². The van der Waals surface area contributed by atoms with Gasteiger partial charge in [-0.2, -0.15) is 0 Å². The minimum atomic E-state index is 0.417. The molecule has 0 radical (unpaired) electrons. The maximum absolute atomic E-state index is 10.3. The highest BCUT2D eigenvalue weighted by Crippen LogP contribution is 2.27. The molecular formula is C18H24O. The van der Waals surface area contributed by atoms with E-state index in [0.29, 0.717) is 5.75 Å². The van der Waals surface area contributed by atoms with E-state index >= 15 is 0 Å². The van der Waals surface area contributed by atoms with Gasteiger partial charge in [0.05, 0.1) is 0 Å². The normalized spacial score (nSPS) is 9.89. The Hall–Kier alpha value is -1.76. The summed E-state index contributed by atoms with van der Waals surface area (Å²) in [5.74, 6) is 0.417. The summed E-state index contributed by atoms with van der Waals surface area (Å²) in [6, 6.07) is 4.02. The Morgan fingerprint density at radius 1 is 1.00 bits per heavy atom. The lowest BCUT2D eigenvalue weighted by Crippen LogP contribution is -1.92. The molecule has 19 heavy (non-hydrogen) atoms. The van der Waals surface area contributed by atoms with Crippen LogP contribution in [0.2, 0.25) is 0 Å². The molecule has 0 atom stereocenters. The largest absolute Gasteiger partial charge is 0.507 e. The molecule has 0 fully saturated rings. The van der Waals surface area contributed by atoms with Gasteiger partial charge in [0.15, 0.2) is 0 Å². The van der Waals surface area contributed by atoms with E-state index < -0.39 is 0 Å². The number of hydrogen-bond acceptors (Lipinski definition) is 1. The molecular weight excluding hydrogens is 232 g/mol. The predicted molar refractivity (Wildman–Crippen MR) is 84.5 cm³/mol. The van der Waals surface area contributed by atoms with E-state index in [4.69, 9.17) is 0 Å². The van der Waals surface area contributed by atoms with Crippen molar-refractivity contribution in [3.63, 3.8) is 0 Å². The molecule has 0 aliphatic rings. The zero-order chi connectivity index (χ0) is 14.4. The van der Waals surface area contributed by atoms with Crippen molar-refractivity contribution in [3.05, 3.63) is 58.7 Å². The monoisotopic (exact) mass is 256 g/mol. The van der Waals surface area contributed by atoms with Crippen LogP contribution < -0.4 is 0 Å². The van der Waals surface area contributed by atoms with Gasteiger partial charge >= 0.3 is 0 Å². The molecule has 0 aromatic heterocycles. The lowest BCUT2D eigenvalue weighted by molar-refractivity contribution is 0.464. The van der Waals surface area contributed by atoms with Crippen LogP contribution in [0.3, 0.4) is 0 Å². The van der Waals surface area contributed by atoms with E-state index in [1.54, 1.807) is 0 Å². The Morgan fingerprint density at radius 2 is 1.42 bits per heavy atom. The highest BCUT2D eigenvalue weighted by molar-refractivity contribution is 5.56. The third-order valence-corrected chi connectivity index (χ3v) is 2.99. The molecule has 1 aromatic rings. The minimum Gasteiger partial charge on any atom is -0.507 e. The average Bonchev–Trinajstić information content (AvgIpc) is 2.35. The second-order valence-electron chi connectivity index (χ2n) is 5.36. The molecule has 0 saturated carbocycles. The summed E-state index contributed by atoms with van der Waals surface area (Å²) in [5.41, 5.74) is 5.52. The van der Waals surface area contributed by atoms with E-state index in [9.17, 15) is 5.11 Å². The van der Waals surface area contributed by atoms with Crippen LogP contribution in [0.1, 0.15) is 44.4 Å². The number of hydrogen-bond donors (Lipinski definition) is 1. The van der Waals surface area contributed by atoms with Gasteiger partial charge in [-0.15, -0.1) is 0 Å². The van der Waals surface area contributed by atoms with Gasteiger partial charge in [-0.1, -0.05) is 36.0 Å². The Kier molecular flexibility index (Phi) is 5.62. The Bertz CT molecular complexity index is 469. The third kappa shape index (κ3) is 4.78. The summed E-state index contributed by atoms with van der Waals surface area (Å²) < 4.78 is 0. The highest BCUT2D eigenvalue weighted by Gasteiger charge is 2.07. The molecule has 0 unspecified atom stereocenters. The second-order valence-corrected chi connectivity index (χ2v) is 5.36. The number of rotatable bonds is 5. The molecule has 1 N–H and O–H groups in total. The van der Waals surface area contributed by atoms with Gasteiger partial charge in [0.2, 0.25) is 0 Å². The first kappa shape index (κ1) is 15.3. The van der Waals surface area contributed by atoms with Crippen LogP contribution in [0.5, 0.6) is 5.75 Å². The summed E-state index contributed by atoms with van der Waals surface area (Å²) >= 11 is 0. The summed E-state index contributed by atoms with van der Waals surface area (Å²) in [4.78, 5) is 0. The van der Waals surface area contributed by atoms with Crippen molar-refractivity contribution in [2.45, 2.75) is 40.5 Å². The van der Waals surface area contributed by atoms with Gasteiger partial charge in [0.1, 0.15) is 5.75 Å². The molecule has 1 heteroatoms. The fraction of sp³-hybridized carbons (Fsp3) is 0.333. The first-order valence-electron chi connectivity index (χ1n) is 6.68. The smallest absolute Gasteiger partial charge is 0.122 e. The molecule has 0 amide bonds. The Balaban J connectivity index is 3.16. The fourth-order valence-corrected chi connectivity index (χ4v) is 1.84. The number of phenols is 1. The third-order valence-electron chi connectivity index (χ3n) is 2.99. The molecule has 0 aliphatic heterocycles. The average molecular weight is 256 g/mol. The first-order chi connectivity index (χ1) is 8.93. The van der Waals surface area contributed by atoms with Crippen LogP contribution in [0.15, 0.2) is 42.0 Å². The second kappa shape index (κ2) is 6.98. The fourth-order valence-electron chi connectivity index (χ4n) is 1.84. The molecule has 1 rings (SSSR count). The van der Waals surface area contributed by atoms with Crippen LogP contribution in [-0.2, 0) is 12.8 Å². The minimum absolute atomic E-state index is 0.417. The van der Waals surface area contributed by atoms with E-state index in [0.717, 1.165) is 29.5 Å². The molecule has 0 spiro atoms. The summed E-state index contributed by atoms with van der Waals surface area (Å²) in [6.45, 7) is 12.1. The van der Waals surface area contributed by atoms with Crippen molar-refractivity contribution in [3.8, 4) is 5.75 Å². The molecule has 0 heterocycles. The first-order valence-corrected chi connectivity index (χ1v) is 6.68. The predicted octanol–water partition coefficient (Wildman–Crippen LogP) is 5.05. The Morgan fingerprint density at radius 3 is 1.74 bits per heavy atom. The van der Waals surface area contributed by atoms with Crippen LogP contribution in [0.25, 0.3) is 6.08 Å². The van der Waals surface area contributed by atoms with Crippen molar-refractivity contribution in [2.75, 3.05) is 0 Å². The van der Waals surface area contributed by atoms with Crippen molar-refractivity contribution < 1.29 is 5.11 Å². The summed E-state index contributed by atoms with van der Waals surface area (Å²) in [5, 5.41) is 10.3. The van der Waals surface area contributed by atoms with Gasteiger partial charge in [-0.05, 0) is 69.4 Å². The van der Waals surface area contributed by atoms with Gasteiger partial charge in [0, 0.05) is 0 Å². The van der Waals surface area contributed by atoms with Crippen molar-refractivity contribution in [1.82, 2.24) is 0 Å². The van der Waals surface area contributed by atoms with E-state index in [-0.39, 0.29) is 0 Å². The zero-order valence-electron chi connectivity index (χ0n) is 12.5. The lowest BCUT2D eigenvalue weighted by atomic mass is 9.98. The van der Waals surface area contributed by atoms with Crippen LogP contribution in [0.4, 0.5) is 0 Å². The van der Waals surface area contributed by atoms with Crippen molar-refractivity contribution in [2.24, 2.45) is 0 Å². The molecule has 0 aliphatic carbocycles. The Labute approximate surface area is 117 Å². The summed E-state index contributed by atoms with van der Waals surface area (Å²) in [6.07, 6.45) is 7.62. The van der Waals surface area contributed by atoms with Crippen LogP contribution in [0, 0.1) is 0 Å². The number of phenolic OH excluding ortho intramolecular Hbond substituents is 1. The van der Waals surface area contributed by atoms with Crippen molar-refractivity contribution >= 4 is 6.08 Å². The SMILES string of the molecule is C=Cc1cc(CC=C(C)C)c(O)c(CC=C(C)C)c1. The molecule has 1 aromatic carbocycles. The lowest BCUT2D eigenvalue weighted by Gasteiger charge is -2.10. The zero-order valence-corrected chi connectivity index (χ0v) is 12.5. The molecule has 1 nitrogen and oxygen atoms in total. The van der Waals surface area contributed by atoms with Gasteiger partial charge in [-0.3, -0.25) is 0 Å². The van der Waals surface area contributed by atoms with Crippen LogP contribution in [-0.4, -0.2) is 5.11 Å². The number of allylic oxidation sites excluding steroid dienone is 4. The molecule has 102 valence electrons. The number of benzene rings is 1. The van der Waals surface area contributed by atoms with Crippen molar-refractivity contribution in [1.29, 1.82) is 0 Å². The highest BCUT2D eigenvalue weighted by atomic mass is 16.3. The van der Waals surface area contributed by atoms with E-state index in [2.05, 4.69) is 46.4 Å². The topological polar surface area (TPSA) is 20.2 Å². The van der Waals surface area contributed by atoms with Crippen LogP contribution >= 0.6 is 0 Å². The van der Waals surface area contributed by atoms with E-state index in [1.165, 1.54) is 11.1 Å². The quantitative estimate of drug-likeness (QED) is 0.731. The maximum atomic E-state index is 10.3. The molecule has 0 saturated heterocycles. The maximum Gasteiger partial charge on any atom is 0.122 e.